The Morgan fingerprint density at radius 2 is 1.56 bits per heavy atom. The summed E-state index contributed by atoms with van der Waals surface area (Å²) in [5.41, 5.74) is 7.35. The molecule has 2 rings (SSSR count). The first-order chi connectivity index (χ1) is 11.9. The van der Waals surface area contributed by atoms with E-state index in [0.29, 0.717) is 0 Å². The second-order valence-electron chi connectivity index (χ2n) is 6.07. The van der Waals surface area contributed by atoms with Crippen molar-refractivity contribution in [3.63, 3.8) is 0 Å². The summed E-state index contributed by atoms with van der Waals surface area (Å²) in [6.07, 6.45) is 1.77. The number of nitrogens with one attached hydrogen (secondary N) is 2. The van der Waals surface area contributed by atoms with Crippen LogP contribution in [0.4, 0.5) is 5.69 Å². The van der Waals surface area contributed by atoms with Crippen molar-refractivity contribution in [1.82, 2.24) is 5.43 Å². The van der Waals surface area contributed by atoms with Crippen LogP contribution in [0.25, 0.3) is 0 Å². The lowest BCUT2D eigenvalue weighted by molar-refractivity contribution is -0.124. The highest BCUT2D eigenvalue weighted by molar-refractivity contribution is 5.94. The number of nitrogens with zero attached hydrogens (tertiary/aromatic N) is 1. The summed E-state index contributed by atoms with van der Waals surface area (Å²) in [5, 5.41) is 6.74. The average Bonchev–Trinajstić information content (AvgIpc) is 2.58. The molecular formula is C20H23N3O2. The van der Waals surface area contributed by atoms with Crippen molar-refractivity contribution >= 4 is 23.7 Å². The number of carbonyl (C=O) groups excluding carboxylic acids is 2. The Labute approximate surface area is 148 Å². The van der Waals surface area contributed by atoms with Crippen LogP contribution in [0.1, 0.15) is 35.1 Å². The Hall–Kier alpha value is -2.95. The minimum absolute atomic E-state index is 0.0853. The number of hydrazone groups is 1. The Balaban J connectivity index is 1.76. The highest BCUT2D eigenvalue weighted by Crippen LogP contribution is 2.16. The molecule has 0 fully saturated rings. The van der Waals surface area contributed by atoms with Gasteiger partial charge >= 0.3 is 0 Å². The summed E-state index contributed by atoms with van der Waals surface area (Å²) in [7, 11) is 0. The van der Waals surface area contributed by atoms with Crippen LogP contribution in [-0.4, -0.2) is 18.0 Å². The molecule has 0 unspecified atom stereocenters. The van der Waals surface area contributed by atoms with Gasteiger partial charge in [-0.05, 0) is 43.5 Å². The topological polar surface area (TPSA) is 70.6 Å². The molecule has 0 bridgehead atoms. The van der Waals surface area contributed by atoms with E-state index in [1.54, 1.807) is 6.21 Å². The zero-order valence-corrected chi connectivity index (χ0v) is 14.8. The highest BCUT2D eigenvalue weighted by atomic mass is 16.2. The summed E-state index contributed by atoms with van der Waals surface area (Å²) < 4.78 is 0. The van der Waals surface area contributed by atoms with Crippen molar-refractivity contribution in [3.05, 3.63) is 64.7 Å². The predicted octanol–water partition coefficient (Wildman–Crippen LogP) is 3.48. The molecule has 2 aromatic carbocycles. The van der Waals surface area contributed by atoms with Gasteiger partial charge in [0.2, 0.25) is 11.8 Å². The van der Waals surface area contributed by atoms with Gasteiger partial charge in [0.25, 0.3) is 0 Å². The second kappa shape index (κ2) is 8.78. The third-order valence-electron chi connectivity index (χ3n) is 3.73. The minimum atomic E-state index is -0.292. The molecule has 0 radical (unpaired) electrons. The maximum atomic E-state index is 12.0. The summed E-state index contributed by atoms with van der Waals surface area (Å²) in [6, 6.07) is 13.6. The zero-order chi connectivity index (χ0) is 18.2. The van der Waals surface area contributed by atoms with Crippen LogP contribution in [0.5, 0.6) is 0 Å². The van der Waals surface area contributed by atoms with Crippen LogP contribution >= 0.6 is 0 Å². The van der Waals surface area contributed by atoms with E-state index in [1.807, 2.05) is 63.2 Å². The van der Waals surface area contributed by atoms with Gasteiger partial charge in [0.1, 0.15) is 0 Å². The molecule has 25 heavy (non-hydrogen) atoms. The van der Waals surface area contributed by atoms with Crippen molar-refractivity contribution in [1.29, 1.82) is 0 Å². The van der Waals surface area contributed by atoms with Gasteiger partial charge in [-0.25, -0.2) is 5.43 Å². The Morgan fingerprint density at radius 1 is 0.920 bits per heavy atom. The van der Waals surface area contributed by atoms with Gasteiger partial charge < -0.3 is 5.32 Å². The van der Waals surface area contributed by atoms with E-state index in [-0.39, 0.29) is 24.7 Å². The fourth-order valence-corrected chi connectivity index (χ4v) is 2.20. The van der Waals surface area contributed by atoms with Gasteiger partial charge in [-0.3, -0.25) is 9.59 Å². The third-order valence-corrected chi connectivity index (χ3v) is 3.73. The lowest BCUT2D eigenvalue weighted by atomic mass is 10.1. The molecule has 5 nitrogen and oxygen atoms in total. The van der Waals surface area contributed by atoms with Crippen LogP contribution in [0.15, 0.2) is 47.6 Å². The number of benzene rings is 2. The van der Waals surface area contributed by atoms with Crippen LogP contribution in [0.2, 0.25) is 0 Å². The van der Waals surface area contributed by atoms with Crippen molar-refractivity contribution in [2.45, 2.75) is 33.6 Å². The standard InChI is InChI=1S/C20H23N3O2/c1-14-5-8-17(9-6-14)13-21-23-20(25)11-10-19(24)22-18-12-15(2)4-7-16(18)3/h4-9,12-13H,10-11H2,1-3H3,(H,22,24)(H,23,25). The normalized spacial score (nSPS) is 10.7. The molecule has 0 aliphatic rings. The highest BCUT2D eigenvalue weighted by Gasteiger charge is 2.08. The summed E-state index contributed by atoms with van der Waals surface area (Å²) in [4.78, 5) is 23.7. The lowest BCUT2D eigenvalue weighted by Crippen LogP contribution is -2.20. The molecule has 0 aliphatic heterocycles. The van der Waals surface area contributed by atoms with E-state index in [4.69, 9.17) is 0 Å². The monoisotopic (exact) mass is 337 g/mol. The smallest absolute Gasteiger partial charge is 0.240 e. The van der Waals surface area contributed by atoms with Crippen LogP contribution in [0, 0.1) is 20.8 Å². The number of carbonyl (C=O) groups is 2. The van der Waals surface area contributed by atoms with Crippen molar-refractivity contribution in [3.8, 4) is 0 Å². The number of hydrogen-bond donors (Lipinski definition) is 2. The number of amides is 2. The molecule has 0 aliphatic carbocycles. The molecule has 130 valence electrons. The first kappa shape index (κ1) is 18.4. The maximum Gasteiger partial charge on any atom is 0.240 e. The molecule has 0 atom stereocenters. The summed E-state index contributed by atoms with van der Waals surface area (Å²) in [5.74, 6) is -0.481. The van der Waals surface area contributed by atoms with Gasteiger partial charge in [-0.1, -0.05) is 42.0 Å². The fourth-order valence-electron chi connectivity index (χ4n) is 2.20. The van der Waals surface area contributed by atoms with Gasteiger partial charge in [0, 0.05) is 18.5 Å². The van der Waals surface area contributed by atoms with Gasteiger partial charge in [-0.2, -0.15) is 5.10 Å². The van der Waals surface area contributed by atoms with E-state index in [0.717, 1.165) is 27.9 Å². The predicted molar refractivity (Wildman–Crippen MR) is 101 cm³/mol. The third kappa shape index (κ3) is 6.22. The first-order valence-corrected chi connectivity index (χ1v) is 8.20. The average molecular weight is 337 g/mol. The van der Waals surface area contributed by atoms with Gasteiger partial charge in [0.05, 0.1) is 6.21 Å². The fraction of sp³-hybridized carbons (Fsp3) is 0.250. The van der Waals surface area contributed by atoms with Crippen LogP contribution in [0.3, 0.4) is 0 Å². The first-order valence-electron chi connectivity index (χ1n) is 8.20. The van der Waals surface area contributed by atoms with E-state index >= 15 is 0 Å². The van der Waals surface area contributed by atoms with Crippen molar-refractivity contribution < 1.29 is 9.59 Å². The van der Waals surface area contributed by atoms with E-state index in [2.05, 4.69) is 15.8 Å². The molecule has 2 N–H and O–H groups in total. The maximum absolute atomic E-state index is 12.0. The van der Waals surface area contributed by atoms with E-state index in [9.17, 15) is 9.59 Å². The van der Waals surface area contributed by atoms with E-state index < -0.39 is 0 Å². The molecule has 5 heteroatoms. The van der Waals surface area contributed by atoms with Crippen molar-refractivity contribution in [2.75, 3.05) is 5.32 Å². The summed E-state index contributed by atoms with van der Waals surface area (Å²) in [6.45, 7) is 5.90. The molecular weight excluding hydrogens is 314 g/mol. The van der Waals surface area contributed by atoms with E-state index in [1.165, 1.54) is 0 Å². The van der Waals surface area contributed by atoms with Gasteiger partial charge in [0.15, 0.2) is 0 Å². The van der Waals surface area contributed by atoms with Crippen molar-refractivity contribution in [2.24, 2.45) is 5.10 Å². The van der Waals surface area contributed by atoms with Crippen LogP contribution in [-0.2, 0) is 9.59 Å². The Kier molecular flexibility index (Phi) is 6.46. The number of anilines is 1. The number of aryl methyl sites for hydroxylation is 3. The quantitative estimate of drug-likeness (QED) is 0.626. The Bertz CT molecular complexity index is 780. The second-order valence-corrected chi connectivity index (χ2v) is 6.07. The Morgan fingerprint density at radius 3 is 2.28 bits per heavy atom. The zero-order valence-electron chi connectivity index (χ0n) is 14.8. The molecule has 0 spiro atoms. The van der Waals surface area contributed by atoms with Gasteiger partial charge in [-0.15, -0.1) is 0 Å². The molecule has 0 saturated heterocycles. The SMILES string of the molecule is Cc1ccc(C=NNC(=O)CCC(=O)Nc2cc(C)ccc2C)cc1. The molecule has 0 saturated carbocycles. The minimum Gasteiger partial charge on any atom is -0.326 e. The molecule has 0 aromatic heterocycles. The van der Waals surface area contributed by atoms with Crippen LogP contribution < -0.4 is 10.7 Å². The largest absolute Gasteiger partial charge is 0.326 e. The molecule has 0 heterocycles. The molecule has 2 aromatic rings. The number of hydrogen-bond acceptors (Lipinski definition) is 3. The summed E-state index contributed by atoms with van der Waals surface area (Å²) >= 11 is 0. The number of rotatable bonds is 6. The molecule has 2 amide bonds. The lowest BCUT2D eigenvalue weighted by Gasteiger charge is -2.09.